The van der Waals surface area contributed by atoms with Crippen LogP contribution in [0.3, 0.4) is 0 Å². The smallest absolute Gasteiger partial charge is 0.114 e. The van der Waals surface area contributed by atoms with Gasteiger partial charge in [-0.15, -0.1) is 0 Å². The Balaban J connectivity index is 0.00000108. The van der Waals surface area contributed by atoms with E-state index in [1.54, 1.807) is 0 Å². The summed E-state index contributed by atoms with van der Waals surface area (Å²) >= 11 is 0. The Kier molecular flexibility index (Phi) is 3.75. The number of aromatic amines is 1. The van der Waals surface area contributed by atoms with Gasteiger partial charge in [-0.1, -0.05) is 25.1 Å². The van der Waals surface area contributed by atoms with Crippen molar-refractivity contribution in [2.45, 2.75) is 38.3 Å². The maximum Gasteiger partial charge on any atom is 0.114 e. The van der Waals surface area contributed by atoms with Gasteiger partial charge in [0.25, 0.3) is 0 Å². The maximum atomic E-state index is 3.38. The molecule has 2 unspecified atom stereocenters. The molecule has 1 saturated heterocycles. The molecule has 2 heterocycles. The Morgan fingerprint density at radius 3 is 2.88 bits per heavy atom. The molecule has 0 spiro atoms. The molecule has 1 aromatic carbocycles. The van der Waals surface area contributed by atoms with Crippen LogP contribution in [-0.2, 0) is 0 Å². The van der Waals surface area contributed by atoms with Crippen LogP contribution >= 0.6 is 0 Å². The van der Waals surface area contributed by atoms with E-state index in [2.05, 4.69) is 47.7 Å². The second-order valence-electron chi connectivity index (χ2n) is 4.83. The summed E-state index contributed by atoms with van der Waals surface area (Å²) in [6, 6.07) is 10.1. The lowest BCUT2D eigenvalue weighted by Crippen LogP contribution is -3.00. The predicted octanol–water partition coefficient (Wildman–Crippen LogP) is -0.651. The molecule has 17 heavy (non-hydrogen) atoms. The number of halogens is 1. The lowest BCUT2D eigenvalue weighted by atomic mass is 10.0. The fourth-order valence-electron chi connectivity index (χ4n) is 2.91. The summed E-state index contributed by atoms with van der Waals surface area (Å²) in [5.74, 6) is 0. The molecular weight excluding hydrogens is 232 g/mol. The molecule has 2 aromatic rings. The molecule has 3 rings (SSSR count). The van der Waals surface area contributed by atoms with Gasteiger partial charge in [-0.3, -0.25) is 0 Å². The number of rotatable bonds is 2. The number of H-pyrrole nitrogens is 1. The molecule has 2 nitrogen and oxygen atoms in total. The Morgan fingerprint density at radius 2 is 2.12 bits per heavy atom. The monoisotopic (exact) mass is 250 g/mol. The third-order valence-corrected chi connectivity index (χ3v) is 3.90. The lowest BCUT2D eigenvalue weighted by molar-refractivity contribution is -0.707. The molecule has 0 bridgehead atoms. The van der Waals surface area contributed by atoms with Crippen LogP contribution in [0.1, 0.15) is 37.8 Å². The van der Waals surface area contributed by atoms with Crippen molar-refractivity contribution >= 4 is 10.9 Å². The zero-order valence-electron chi connectivity index (χ0n) is 10.1. The van der Waals surface area contributed by atoms with E-state index in [1.165, 1.54) is 35.7 Å². The SMILES string of the molecule is CCC1CCC(c2c[nH]c3ccccc23)[NH2+]1.[Cl-]. The Morgan fingerprint density at radius 1 is 1.29 bits per heavy atom. The van der Waals surface area contributed by atoms with Gasteiger partial charge < -0.3 is 22.7 Å². The van der Waals surface area contributed by atoms with E-state index in [1.807, 2.05) is 0 Å². The molecule has 0 saturated carbocycles. The molecule has 0 aliphatic carbocycles. The summed E-state index contributed by atoms with van der Waals surface area (Å²) in [5.41, 5.74) is 2.76. The van der Waals surface area contributed by atoms with Crippen molar-refractivity contribution in [3.63, 3.8) is 0 Å². The average molecular weight is 251 g/mol. The van der Waals surface area contributed by atoms with E-state index >= 15 is 0 Å². The van der Waals surface area contributed by atoms with E-state index in [-0.39, 0.29) is 12.4 Å². The van der Waals surface area contributed by atoms with Crippen LogP contribution in [0.5, 0.6) is 0 Å². The zero-order valence-corrected chi connectivity index (χ0v) is 10.9. The van der Waals surface area contributed by atoms with E-state index in [0.29, 0.717) is 6.04 Å². The van der Waals surface area contributed by atoms with Crippen LogP contribution in [-0.4, -0.2) is 11.0 Å². The van der Waals surface area contributed by atoms with Gasteiger partial charge in [0.2, 0.25) is 0 Å². The third kappa shape index (κ3) is 2.20. The summed E-state index contributed by atoms with van der Waals surface area (Å²) in [4.78, 5) is 3.38. The highest BCUT2D eigenvalue weighted by molar-refractivity contribution is 5.83. The van der Waals surface area contributed by atoms with Crippen LogP contribution in [0.15, 0.2) is 30.5 Å². The first kappa shape index (κ1) is 12.5. The fraction of sp³-hybridized carbons (Fsp3) is 0.429. The molecule has 1 aliphatic heterocycles. The first-order valence-electron chi connectivity index (χ1n) is 6.29. The van der Waals surface area contributed by atoms with E-state index in [9.17, 15) is 0 Å². The molecule has 92 valence electrons. The summed E-state index contributed by atoms with van der Waals surface area (Å²) in [7, 11) is 0. The van der Waals surface area contributed by atoms with Crippen molar-refractivity contribution in [2.75, 3.05) is 0 Å². The summed E-state index contributed by atoms with van der Waals surface area (Å²) < 4.78 is 0. The van der Waals surface area contributed by atoms with Crippen molar-refractivity contribution in [1.82, 2.24) is 4.98 Å². The highest BCUT2D eigenvalue weighted by Gasteiger charge is 2.29. The van der Waals surface area contributed by atoms with Gasteiger partial charge in [0.15, 0.2) is 0 Å². The maximum absolute atomic E-state index is 3.38. The number of fused-ring (bicyclic) bond motifs is 1. The van der Waals surface area contributed by atoms with E-state index in [4.69, 9.17) is 0 Å². The molecule has 0 radical (unpaired) electrons. The molecular formula is C14H19ClN2. The van der Waals surface area contributed by atoms with Crippen LogP contribution < -0.4 is 17.7 Å². The molecule has 1 fully saturated rings. The quantitative estimate of drug-likeness (QED) is 0.710. The molecule has 1 aromatic heterocycles. The highest BCUT2D eigenvalue weighted by atomic mass is 35.5. The van der Waals surface area contributed by atoms with Gasteiger partial charge in [0.1, 0.15) is 6.04 Å². The standard InChI is InChI=1S/C14H18N2.ClH/c1-2-10-7-8-14(16-10)12-9-15-13-6-4-3-5-11(12)13;/h3-6,9-10,14-16H,2,7-8H2,1H3;1H. The number of hydrogen-bond acceptors (Lipinski definition) is 0. The molecule has 3 N–H and O–H groups in total. The van der Waals surface area contributed by atoms with Crippen LogP contribution in [0.25, 0.3) is 10.9 Å². The highest BCUT2D eigenvalue weighted by Crippen LogP contribution is 2.27. The van der Waals surface area contributed by atoms with E-state index in [0.717, 1.165) is 6.04 Å². The van der Waals surface area contributed by atoms with Gasteiger partial charge in [-0.2, -0.15) is 0 Å². The van der Waals surface area contributed by atoms with Crippen molar-refractivity contribution < 1.29 is 17.7 Å². The van der Waals surface area contributed by atoms with Gasteiger partial charge >= 0.3 is 0 Å². The first-order valence-corrected chi connectivity index (χ1v) is 6.29. The Hall–Kier alpha value is -0.990. The van der Waals surface area contributed by atoms with E-state index < -0.39 is 0 Å². The largest absolute Gasteiger partial charge is 1.00 e. The van der Waals surface area contributed by atoms with Crippen molar-refractivity contribution in [1.29, 1.82) is 0 Å². The van der Waals surface area contributed by atoms with Crippen molar-refractivity contribution in [3.8, 4) is 0 Å². The van der Waals surface area contributed by atoms with Gasteiger partial charge in [0.05, 0.1) is 6.04 Å². The average Bonchev–Trinajstić information content (AvgIpc) is 2.94. The second-order valence-corrected chi connectivity index (χ2v) is 4.83. The first-order chi connectivity index (χ1) is 7.88. The number of para-hydroxylation sites is 1. The van der Waals surface area contributed by atoms with Crippen molar-refractivity contribution in [3.05, 3.63) is 36.0 Å². The third-order valence-electron chi connectivity index (χ3n) is 3.90. The Bertz CT molecular complexity index is 492. The van der Waals surface area contributed by atoms with Crippen LogP contribution in [0, 0.1) is 0 Å². The minimum absolute atomic E-state index is 0. The number of benzene rings is 1. The van der Waals surface area contributed by atoms with Crippen LogP contribution in [0.4, 0.5) is 0 Å². The zero-order chi connectivity index (χ0) is 11.0. The second kappa shape index (κ2) is 5.11. The topological polar surface area (TPSA) is 32.4 Å². The van der Waals surface area contributed by atoms with Gasteiger partial charge in [-0.25, -0.2) is 0 Å². The lowest BCUT2D eigenvalue weighted by Gasteiger charge is -2.08. The molecule has 0 amide bonds. The number of nitrogens with two attached hydrogens (primary N) is 1. The summed E-state index contributed by atoms with van der Waals surface area (Å²) in [5, 5.41) is 3.95. The van der Waals surface area contributed by atoms with Crippen LogP contribution in [0.2, 0.25) is 0 Å². The minimum atomic E-state index is 0. The normalized spacial score (nSPS) is 23.8. The van der Waals surface area contributed by atoms with Gasteiger partial charge in [-0.05, 0) is 12.5 Å². The molecule has 3 heteroatoms. The summed E-state index contributed by atoms with van der Waals surface area (Å²) in [6.45, 7) is 2.29. The number of quaternary nitrogens is 1. The summed E-state index contributed by atoms with van der Waals surface area (Å²) in [6.07, 6.45) is 6.17. The Labute approximate surface area is 108 Å². The number of aromatic nitrogens is 1. The molecule has 1 aliphatic rings. The minimum Gasteiger partial charge on any atom is -1.00 e. The van der Waals surface area contributed by atoms with Crippen molar-refractivity contribution in [2.24, 2.45) is 0 Å². The molecule has 2 atom stereocenters. The predicted molar refractivity (Wildman–Crippen MR) is 66.3 cm³/mol. The number of hydrogen-bond donors (Lipinski definition) is 2. The van der Waals surface area contributed by atoms with Gasteiger partial charge in [0, 0.05) is 35.5 Å². The fourth-order valence-corrected chi connectivity index (χ4v) is 2.91. The number of nitrogens with one attached hydrogen (secondary N) is 1.